The van der Waals surface area contributed by atoms with E-state index in [1.54, 1.807) is 0 Å². The van der Waals surface area contributed by atoms with Crippen molar-refractivity contribution in [1.82, 2.24) is 0 Å². The smallest absolute Gasteiger partial charge is 0.0724 e. The Kier molecular flexibility index (Phi) is 6.14. The summed E-state index contributed by atoms with van der Waals surface area (Å²) in [5.74, 6) is 0.606. The molecular formula is C17H26O. The van der Waals surface area contributed by atoms with Gasteiger partial charge >= 0.3 is 0 Å². The lowest BCUT2D eigenvalue weighted by molar-refractivity contribution is -0.0367. The van der Waals surface area contributed by atoms with Gasteiger partial charge in [-0.1, -0.05) is 49.8 Å². The van der Waals surface area contributed by atoms with E-state index >= 15 is 0 Å². The van der Waals surface area contributed by atoms with E-state index in [1.165, 1.54) is 18.4 Å². The molecular weight excluding hydrogens is 220 g/mol. The van der Waals surface area contributed by atoms with Crippen LogP contribution in [0.1, 0.15) is 45.6 Å². The molecule has 0 heterocycles. The quantitative estimate of drug-likeness (QED) is 0.588. The molecule has 0 fully saturated rings. The third kappa shape index (κ3) is 6.02. The Bertz CT molecular complexity index is 340. The minimum Gasteiger partial charge on any atom is -0.371 e. The van der Waals surface area contributed by atoms with Crippen molar-refractivity contribution in [2.75, 3.05) is 0 Å². The van der Waals surface area contributed by atoms with Crippen molar-refractivity contribution in [2.24, 2.45) is 5.92 Å². The van der Waals surface area contributed by atoms with E-state index in [1.807, 2.05) is 12.1 Å². The molecule has 100 valence electrons. The molecule has 0 bridgehead atoms. The number of benzene rings is 1. The normalized spacial score (nSPS) is 13.3. The number of hydrogen-bond acceptors (Lipinski definition) is 1. The van der Waals surface area contributed by atoms with Gasteiger partial charge in [0.1, 0.15) is 0 Å². The van der Waals surface area contributed by atoms with E-state index in [4.69, 9.17) is 4.74 Å². The molecule has 0 aliphatic carbocycles. The average molecular weight is 246 g/mol. The van der Waals surface area contributed by atoms with Gasteiger partial charge in [-0.05, 0) is 38.2 Å². The topological polar surface area (TPSA) is 9.23 Å². The molecule has 1 heteroatoms. The molecule has 0 amide bonds. The summed E-state index contributed by atoms with van der Waals surface area (Å²) in [5.41, 5.74) is 1.20. The maximum atomic E-state index is 6.01. The molecule has 0 saturated carbocycles. The predicted molar refractivity (Wildman–Crippen MR) is 78.5 cm³/mol. The highest BCUT2D eigenvalue weighted by atomic mass is 16.5. The van der Waals surface area contributed by atoms with Gasteiger partial charge in [0.05, 0.1) is 12.2 Å². The van der Waals surface area contributed by atoms with Gasteiger partial charge in [-0.25, -0.2) is 0 Å². The van der Waals surface area contributed by atoms with Crippen LogP contribution < -0.4 is 0 Å². The predicted octanol–water partition coefficient (Wildman–Crippen LogP) is 4.97. The Morgan fingerprint density at radius 2 is 1.94 bits per heavy atom. The van der Waals surface area contributed by atoms with Crippen molar-refractivity contribution < 1.29 is 4.74 Å². The first-order valence-corrected chi connectivity index (χ1v) is 6.84. The van der Waals surface area contributed by atoms with Crippen LogP contribution in [0.2, 0.25) is 0 Å². The van der Waals surface area contributed by atoms with Crippen LogP contribution in [0.25, 0.3) is 0 Å². The molecule has 1 atom stereocenters. The molecule has 0 saturated heterocycles. The van der Waals surface area contributed by atoms with Crippen LogP contribution in [-0.2, 0) is 11.3 Å². The van der Waals surface area contributed by atoms with Gasteiger partial charge in [-0.3, -0.25) is 0 Å². The lowest BCUT2D eigenvalue weighted by atomic mass is 9.96. The van der Waals surface area contributed by atoms with E-state index in [2.05, 4.69) is 51.6 Å². The molecule has 0 radical (unpaired) electrons. The molecule has 0 aliphatic rings. The van der Waals surface area contributed by atoms with E-state index in [-0.39, 0.29) is 5.60 Å². The third-order valence-corrected chi connectivity index (χ3v) is 3.31. The summed E-state index contributed by atoms with van der Waals surface area (Å²) in [6.07, 6.45) is 5.51. The molecule has 1 aromatic carbocycles. The third-order valence-electron chi connectivity index (χ3n) is 3.31. The Labute approximate surface area is 112 Å². The fourth-order valence-electron chi connectivity index (χ4n) is 1.89. The molecule has 1 rings (SSSR count). The zero-order chi connectivity index (χ0) is 13.4. The van der Waals surface area contributed by atoms with Gasteiger partial charge in [0.15, 0.2) is 0 Å². The van der Waals surface area contributed by atoms with Gasteiger partial charge in [0, 0.05) is 0 Å². The molecule has 1 aromatic rings. The Balaban J connectivity index is 2.29. The number of allylic oxidation sites excluding steroid dienone is 1. The minimum atomic E-state index is -0.0449. The van der Waals surface area contributed by atoms with E-state index in [0.717, 1.165) is 6.42 Å². The van der Waals surface area contributed by atoms with Crippen molar-refractivity contribution >= 4 is 0 Å². The van der Waals surface area contributed by atoms with Crippen LogP contribution >= 0.6 is 0 Å². The largest absolute Gasteiger partial charge is 0.371 e. The molecule has 1 unspecified atom stereocenters. The monoisotopic (exact) mass is 246 g/mol. The van der Waals surface area contributed by atoms with Gasteiger partial charge in [-0.2, -0.15) is 0 Å². The van der Waals surface area contributed by atoms with Crippen LogP contribution in [-0.4, -0.2) is 5.60 Å². The number of rotatable bonds is 8. The molecule has 18 heavy (non-hydrogen) atoms. The second-order valence-corrected chi connectivity index (χ2v) is 5.64. The summed E-state index contributed by atoms with van der Waals surface area (Å²) >= 11 is 0. The highest BCUT2D eigenvalue weighted by Crippen LogP contribution is 2.21. The average Bonchev–Trinajstić information content (AvgIpc) is 2.37. The van der Waals surface area contributed by atoms with E-state index < -0.39 is 0 Å². The summed E-state index contributed by atoms with van der Waals surface area (Å²) in [6, 6.07) is 10.4. The Morgan fingerprint density at radius 1 is 1.28 bits per heavy atom. The minimum absolute atomic E-state index is 0.0449. The Morgan fingerprint density at radius 3 is 2.56 bits per heavy atom. The van der Waals surface area contributed by atoms with E-state index in [9.17, 15) is 0 Å². The lowest BCUT2D eigenvalue weighted by Gasteiger charge is -2.26. The van der Waals surface area contributed by atoms with Crippen molar-refractivity contribution in [3.63, 3.8) is 0 Å². The van der Waals surface area contributed by atoms with Crippen molar-refractivity contribution in [3.8, 4) is 0 Å². The zero-order valence-electron chi connectivity index (χ0n) is 12.0. The second-order valence-electron chi connectivity index (χ2n) is 5.64. The number of hydrogen-bond donors (Lipinski definition) is 0. The maximum absolute atomic E-state index is 6.01. The standard InChI is InChI=1S/C17H26O/c1-5-15(2)10-9-13-17(3,4)18-14-16-11-7-6-8-12-16/h5-8,11-12,15H,1,9-10,13-14H2,2-4H3. The summed E-state index contributed by atoms with van der Waals surface area (Å²) in [4.78, 5) is 0. The molecule has 1 nitrogen and oxygen atoms in total. The Hall–Kier alpha value is -1.08. The van der Waals surface area contributed by atoms with Gasteiger partial charge < -0.3 is 4.74 Å². The molecule has 0 aliphatic heterocycles. The lowest BCUT2D eigenvalue weighted by Crippen LogP contribution is -2.24. The summed E-state index contributed by atoms with van der Waals surface area (Å²) in [5, 5.41) is 0. The van der Waals surface area contributed by atoms with Crippen molar-refractivity contribution in [2.45, 2.75) is 52.2 Å². The van der Waals surface area contributed by atoms with E-state index in [0.29, 0.717) is 12.5 Å². The second kappa shape index (κ2) is 7.38. The summed E-state index contributed by atoms with van der Waals surface area (Å²) in [6.45, 7) is 11.1. The van der Waals surface area contributed by atoms with Crippen molar-refractivity contribution in [3.05, 3.63) is 48.6 Å². The van der Waals surface area contributed by atoms with Crippen LogP contribution in [0.3, 0.4) is 0 Å². The highest BCUT2D eigenvalue weighted by molar-refractivity contribution is 5.13. The molecule has 0 aromatic heterocycles. The molecule has 0 N–H and O–H groups in total. The van der Waals surface area contributed by atoms with Crippen LogP contribution in [0.15, 0.2) is 43.0 Å². The zero-order valence-corrected chi connectivity index (χ0v) is 12.0. The first-order chi connectivity index (χ1) is 8.53. The van der Waals surface area contributed by atoms with Crippen LogP contribution in [0.4, 0.5) is 0 Å². The maximum Gasteiger partial charge on any atom is 0.0724 e. The van der Waals surface area contributed by atoms with Crippen LogP contribution in [0.5, 0.6) is 0 Å². The van der Waals surface area contributed by atoms with Gasteiger partial charge in [0.2, 0.25) is 0 Å². The fourth-order valence-corrected chi connectivity index (χ4v) is 1.89. The van der Waals surface area contributed by atoms with Gasteiger partial charge in [0.25, 0.3) is 0 Å². The fraction of sp³-hybridized carbons (Fsp3) is 0.529. The number of ether oxygens (including phenoxy) is 1. The van der Waals surface area contributed by atoms with Crippen molar-refractivity contribution in [1.29, 1.82) is 0 Å². The SMILES string of the molecule is C=CC(C)CCCC(C)(C)OCc1ccccc1. The first-order valence-electron chi connectivity index (χ1n) is 6.84. The van der Waals surface area contributed by atoms with Gasteiger partial charge in [-0.15, -0.1) is 6.58 Å². The van der Waals surface area contributed by atoms with Crippen LogP contribution in [0, 0.1) is 5.92 Å². The molecule has 0 spiro atoms. The highest BCUT2D eigenvalue weighted by Gasteiger charge is 2.18. The summed E-state index contributed by atoms with van der Waals surface area (Å²) < 4.78 is 6.01. The first kappa shape index (κ1) is 15.0. The summed E-state index contributed by atoms with van der Waals surface area (Å²) in [7, 11) is 0.